The standard InChI is InChI=1S/C27H36FNO2/c1-20-6-7-22(14-24(20)18-30-2)17-29-12-11-27(19-29)10-4-5-21(16-27)13-23-15-25(31-3)8-9-26(23)28/h6-9,14-15,21H,4-5,10-13,16-19H2,1-3H3. The number of benzene rings is 2. The number of nitrogens with zero attached hydrogens (tertiary/aromatic N) is 1. The third-order valence-corrected chi connectivity index (χ3v) is 7.44. The Labute approximate surface area is 186 Å². The molecule has 168 valence electrons. The van der Waals surface area contributed by atoms with Crippen LogP contribution in [-0.2, 0) is 24.3 Å². The lowest BCUT2D eigenvalue weighted by Gasteiger charge is -2.38. The second-order valence-electron chi connectivity index (χ2n) is 9.78. The highest BCUT2D eigenvalue weighted by atomic mass is 19.1. The first-order valence-corrected chi connectivity index (χ1v) is 11.6. The second-order valence-corrected chi connectivity index (χ2v) is 9.78. The fraction of sp³-hybridized carbons (Fsp3) is 0.556. The maximum atomic E-state index is 14.4. The van der Waals surface area contributed by atoms with Crippen molar-refractivity contribution in [2.75, 3.05) is 27.3 Å². The van der Waals surface area contributed by atoms with E-state index in [4.69, 9.17) is 9.47 Å². The molecule has 1 saturated heterocycles. The topological polar surface area (TPSA) is 21.7 Å². The molecule has 4 heteroatoms. The van der Waals surface area contributed by atoms with Gasteiger partial charge in [0.05, 0.1) is 13.7 Å². The lowest BCUT2D eigenvalue weighted by Crippen LogP contribution is -2.33. The van der Waals surface area contributed by atoms with Gasteiger partial charge in [-0.25, -0.2) is 4.39 Å². The van der Waals surface area contributed by atoms with Crippen LogP contribution in [-0.4, -0.2) is 32.2 Å². The van der Waals surface area contributed by atoms with Crippen LogP contribution in [0.25, 0.3) is 0 Å². The van der Waals surface area contributed by atoms with E-state index in [1.54, 1.807) is 26.4 Å². The summed E-state index contributed by atoms with van der Waals surface area (Å²) in [4.78, 5) is 2.62. The summed E-state index contributed by atoms with van der Waals surface area (Å²) in [7, 11) is 3.40. The Morgan fingerprint density at radius 3 is 2.77 bits per heavy atom. The largest absolute Gasteiger partial charge is 0.497 e. The summed E-state index contributed by atoms with van der Waals surface area (Å²) in [6.45, 7) is 6.15. The first-order chi connectivity index (χ1) is 15.0. The molecular weight excluding hydrogens is 389 g/mol. The van der Waals surface area contributed by atoms with Crippen molar-refractivity contribution in [3.05, 3.63) is 64.5 Å². The number of ether oxygens (including phenoxy) is 2. The van der Waals surface area contributed by atoms with Crippen LogP contribution < -0.4 is 4.74 Å². The molecular formula is C27H36FNO2. The minimum absolute atomic E-state index is 0.0975. The molecule has 1 saturated carbocycles. The predicted molar refractivity (Wildman–Crippen MR) is 123 cm³/mol. The molecule has 0 aromatic heterocycles. The van der Waals surface area contributed by atoms with Crippen LogP contribution >= 0.6 is 0 Å². The van der Waals surface area contributed by atoms with E-state index in [2.05, 4.69) is 30.0 Å². The highest BCUT2D eigenvalue weighted by molar-refractivity contribution is 5.31. The van der Waals surface area contributed by atoms with E-state index >= 15 is 0 Å². The Hall–Kier alpha value is -1.91. The molecule has 4 rings (SSSR count). The number of hydrogen-bond donors (Lipinski definition) is 0. The molecule has 2 unspecified atom stereocenters. The summed E-state index contributed by atoms with van der Waals surface area (Å²) in [5.74, 6) is 1.21. The van der Waals surface area contributed by atoms with Gasteiger partial charge >= 0.3 is 0 Å². The highest BCUT2D eigenvalue weighted by Crippen LogP contribution is 2.47. The summed E-state index contributed by atoms with van der Waals surface area (Å²) < 4.78 is 25.0. The molecule has 1 heterocycles. The molecule has 1 spiro atoms. The molecule has 0 radical (unpaired) electrons. The first kappa shape index (κ1) is 22.3. The number of methoxy groups -OCH3 is 2. The maximum Gasteiger partial charge on any atom is 0.126 e. The molecule has 0 N–H and O–H groups in total. The first-order valence-electron chi connectivity index (χ1n) is 11.6. The van der Waals surface area contributed by atoms with Crippen molar-refractivity contribution in [3.63, 3.8) is 0 Å². The lowest BCUT2D eigenvalue weighted by atomic mass is 9.68. The van der Waals surface area contributed by atoms with Gasteiger partial charge in [0.25, 0.3) is 0 Å². The number of halogens is 1. The van der Waals surface area contributed by atoms with Crippen molar-refractivity contribution in [1.82, 2.24) is 4.90 Å². The van der Waals surface area contributed by atoms with Gasteiger partial charge in [-0.15, -0.1) is 0 Å². The van der Waals surface area contributed by atoms with Crippen LogP contribution in [0.4, 0.5) is 4.39 Å². The molecule has 31 heavy (non-hydrogen) atoms. The van der Waals surface area contributed by atoms with E-state index < -0.39 is 0 Å². The molecule has 2 atom stereocenters. The predicted octanol–water partition coefficient (Wildman–Crippen LogP) is 5.91. The summed E-state index contributed by atoms with van der Waals surface area (Å²) in [5.41, 5.74) is 5.16. The van der Waals surface area contributed by atoms with E-state index in [0.29, 0.717) is 17.9 Å². The van der Waals surface area contributed by atoms with Gasteiger partial charge in [0.1, 0.15) is 11.6 Å². The maximum absolute atomic E-state index is 14.4. The highest BCUT2D eigenvalue weighted by Gasteiger charge is 2.41. The van der Waals surface area contributed by atoms with Crippen LogP contribution in [0.2, 0.25) is 0 Å². The van der Waals surface area contributed by atoms with Crippen LogP contribution in [0.1, 0.15) is 54.4 Å². The lowest BCUT2D eigenvalue weighted by molar-refractivity contribution is 0.138. The molecule has 3 nitrogen and oxygen atoms in total. The average Bonchev–Trinajstić information content (AvgIpc) is 3.13. The molecule has 2 aromatic carbocycles. The number of aryl methyl sites for hydroxylation is 1. The van der Waals surface area contributed by atoms with E-state index in [1.165, 1.54) is 48.8 Å². The monoisotopic (exact) mass is 425 g/mol. The zero-order valence-electron chi connectivity index (χ0n) is 19.3. The Kier molecular flexibility index (Phi) is 6.98. The van der Waals surface area contributed by atoms with Gasteiger partial charge in [-0.2, -0.15) is 0 Å². The van der Waals surface area contributed by atoms with Gasteiger partial charge in [-0.3, -0.25) is 4.90 Å². The third-order valence-electron chi connectivity index (χ3n) is 7.44. The molecule has 1 aliphatic carbocycles. The van der Waals surface area contributed by atoms with Gasteiger partial charge in [-0.05, 0) is 90.9 Å². The SMILES string of the molecule is COCc1cc(CN2CCC3(CCCC(Cc4cc(OC)ccc4F)C3)C2)ccc1C. The van der Waals surface area contributed by atoms with E-state index in [9.17, 15) is 4.39 Å². The Balaban J connectivity index is 1.39. The summed E-state index contributed by atoms with van der Waals surface area (Å²) in [6.07, 6.45) is 7.07. The fourth-order valence-corrected chi connectivity index (χ4v) is 5.83. The van der Waals surface area contributed by atoms with Crippen LogP contribution in [0, 0.1) is 24.1 Å². The molecule has 1 aliphatic heterocycles. The number of likely N-dealkylation sites (tertiary alicyclic amines) is 1. The van der Waals surface area contributed by atoms with Crippen molar-refractivity contribution in [2.24, 2.45) is 11.3 Å². The Morgan fingerprint density at radius 2 is 1.97 bits per heavy atom. The van der Waals surface area contributed by atoms with Crippen molar-refractivity contribution >= 4 is 0 Å². The minimum atomic E-state index is -0.0975. The molecule has 0 bridgehead atoms. The molecule has 0 amide bonds. The van der Waals surface area contributed by atoms with Gasteiger partial charge in [0.2, 0.25) is 0 Å². The van der Waals surface area contributed by atoms with Gasteiger partial charge in [0.15, 0.2) is 0 Å². The molecule has 2 aliphatic rings. The summed E-state index contributed by atoms with van der Waals surface area (Å²) >= 11 is 0. The Bertz CT molecular complexity index is 899. The fourth-order valence-electron chi connectivity index (χ4n) is 5.83. The van der Waals surface area contributed by atoms with Crippen molar-refractivity contribution < 1.29 is 13.9 Å². The van der Waals surface area contributed by atoms with Crippen LogP contribution in [0.3, 0.4) is 0 Å². The Morgan fingerprint density at radius 1 is 1.10 bits per heavy atom. The van der Waals surface area contributed by atoms with Gasteiger partial charge in [0, 0.05) is 20.2 Å². The van der Waals surface area contributed by atoms with Gasteiger partial charge in [-0.1, -0.05) is 31.0 Å². The minimum Gasteiger partial charge on any atom is -0.497 e. The molecule has 2 aromatic rings. The van der Waals surface area contributed by atoms with Crippen LogP contribution in [0.5, 0.6) is 5.75 Å². The third kappa shape index (κ3) is 5.30. The smallest absolute Gasteiger partial charge is 0.126 e. The van der Waals surface area contributed by atoms with Crippen molar-refractivity contribution in [3.8, 4) is 5.75 Å². The van der Waals surface area contributed by atoms with Crippen LogP contribution in [0.15, 0.2) is 36.4 Å². The second kappa shape index (κ2) is 9.70. The van der Waals surface area contributed by atoms with Crippen molar-refractivity contribution in [1.29, 1.82) is 0 Å². The van der Waals surface area contributed by atoms with E-state index in [-0.39, 0.29) is 5.82 Å². The van der Waals surface area contributed by atoms with E-state index in [0.717, 1.165) is 37.4 Å². The zero-order valence-corrected chi connectivity index (χ0v) is 19.3. The normalized spacial score (nSPS) is 24.1. The molecule has 2 fully saturated rings. The van der Waals surface area contributed by atoms with Crippen molar-refractivity contribution in [2.45, 2.75) is 58.6 Å². The summed E-state index contributed by atoms with van der Waals surface area (Å²) in [6, 6.07) is 11.9. The van der Waals surface area contributed by atoms with Gasteiger partial charge < -0.3 is 9.47 Å². The quantitative estimate of drug-likeness (QED) is 0.550. The zero-order chi connectivity index (χ0) is 21.8. The van der Waals surface area contributed by atoms with E-state index in [1.807, 2.05) is 6.07 Å². The summed E-state index contributed by atoms with van der Waals surface area (Å²) in [5, 5.41) is 0. The average molecular weight is 426 g/mol. The number of rotatable bonds is 7. The number of hydrogen-bond acceptors (Lipinski definition) is 3.